The average molecular weight is 297 g/mol. The second-order valence-electron chi connectivity index (χ2n) is 4.55. The van der Waals surface area contributed by atoms with E-state index < -0.39 is 0 Å². The lowest BCUT2D eigenvalue weighted by molar-refractivity contribution is 0.0932. The van der Waals surface area contributed by atoms with Crippen LogP contribution < -0.4 is 5.32 Å². The molecule has 0 bridgehead atoms. The molecule has 0 amide bonds. The predicted molar refractivity (Wildman–Crippen MR) is 80.7 cm³/mol. The highest BCUT2D eigenvalue weighted by molar-refractivity contribution is 7.19. The van der Waals surface area contributed by atoms with Gasteiger partial charge in [-0.15, -0.1) is 11.3 Å². The zero-order valence-corrected chi connectivity index (χ0v) is 12.7. The maximum atomic E-state index is 14.0. The molecule has 2 aromatic rings. The molecule has 20 heavy (non-hydrogen) atoms. The van der Waals surface area contributed by atoms with Crippen molar-refractivity contribution in [1.82, 2.24) is 5.32 Å². The van der Waals surface area contributed by atoms with Crippen LogP contribution in [0, 0.1) is 5.82 Å². The summed E-state index contributed by atoms with van der Waals surface area (Å²) < 4.78 is 25.7. The maximum absolute atomic E-state index is 14.0. The Morgan fingerprint density at radius 2 is 2.15 bits per heavy atom. The zero-order valence-electron chi connectivity index (χ0n) is 11.9. The van der Waals surface area contributed by atoms with Crippen LogP contribution in [0.5, 0.6) is 0 Å². The van der Waals surface area contributed by atoms with E-state index in [1.807, 2.05) is 13.1 Å². The largest absolute Gasteiger partial charge is 0.385 e. The highest BCUT2D eigenvalue weighted by atomic mass is 32.1. The molecule has 2 rings (SSSR count). The first-order chi connectivity index (χ1) is 9.77. The zero-order chi connectivity index (χ0) is 14.4. The number of hydrogen-bond donors (Lipinski definition) is 1. The summed E-state index contributed by atoms with van der Waals surface area (Å²) in [6.45, 7) is 2.48. The monoisotopic (exact) mass is 297 g/mol. The lowest BCUT2D eigenvalue weighted by Gasteiger charge is -2.07. The van der Waals surface area contributed by atoms with Gasteiger partial charge in [-0.3, -0.25) is 0 Å². The minimum atomic E-state index is -0.170. The molecule has 0 fully saturated rings. The fraction of sp³-hybridized carbons (Fsp3) is 0.467. The van der Waals surface area contributed by atoms with E-state index in [9.17, 15) is 4.39 Å². The third-order valence-corrected chi connectivity index (χ3v) is 4.27. The van der Waals surface area contributed by atoms with E-state index in [0.717, 1.165) is 28.1 Å². The number of ether oxygens (including phenoxy) is 2. The second-order valence-corrected chi connectivity index (χ2v) is 5.68. The fourth-order valence-corrected chi connectivity index (χ4v) is 3.39. The number of halogens is 1. The predicted octanol–water partition coefficient (Wildman–Crippen LogP) is 3.31. The van der Waals surface area contributed by atoms with Gasteiger partial charge in [0.25, 0.3) is 0 Å². The van der Waals surface area contributed by atoms with Gasteiger partial charge in [-0.05, 0) is 25.6 Å². The molecule has 0 radical (unpaired) electrons. The number of rotatable bonds is 8. The van der Waals surface area contributed by atoms with Crippen molar-refractivity contribution >= 4 is 21.4 Å². The quantitative estimate of drug-likeness (QED) is 0.758. The van der Waals surface area contributed by atoms with Crippen molar-refractivity contribution in [3.05, 3.63) is 34.5 Å². The van der Waals surface area contributed by atoms with Crippen molar-refractivity contribution in [3.63, 3.8) is 0 Å². The van der Waals surface area contributed by atoms with E-state index in [-0.39, 0.29) is 5.82 Å². The summed E-state index contributed by atoms with van der Waals surface area (Å²) in [5.41, 5.74) is 0.967. The van der Waals surface area contributed by atoms with Crippen molar-refractivity contribution in [2.24, 2.45) is 0 Å². The van der Waals surface area contributed by atoms with E-state index in [2.05, 4.69) is 5.32 Å². The van der Waals surface area contributed by atoms with Crippen molar-refractivity contribution in [1.29, 1.82) is 0 Å². The van der Waals surface area contributed by atoms with Gasteiger partial charge in [0.1, 0.15) is 5.82 Å². The van der Waals surface area contributed by atoms with Gasteiger partial charge in [0.2, 0.25) is 0 Å². The van der Waals surface area contributed by atoms with Crippen LogP contribution >= 0.6 is 11.3 Å². The minimum absolute atomic E-state index is 0.170. The summed E-state index contributed by atoms with van der Waals surface area (Å²) in [4.78, 5) is 1.14. The molecule has 1 aromatic carbocycles. The van der Waals surface area contributed by atoms with Crippen LogP contribution in [-0.2, 0) is 22.6 Å². The summed E-state index contributed by atoms with van der Waals surface area (Å²) >= 11 is 1.62. The highest BCUT2D eigenvalue weighted by Crippen LogP contribution is 2.33. The van der Waals surface area contributed by atoms with E-state index in [4.69, 9.17) is 9.47 Å². The number of hydrogen-bond acceptors (Lipinski definition) is 4. The first kappa shape index (κ1) is 15.4. The smallest absolute Gasteiger partial charge is 0.132 e. The Hall–Kier alpha value is -1.01. The molecule has 0 aliphatic rings. The van der Waals surface area contributed by atoms with Crippen LogP contribution in [0.4, 0.5) is 4.39 Å². The van der Waals surface area contributed by atoms with Gasteiger partial charge in [0.15, 0.2) is 0 Å². The normalized spacial score (nSPS) is 11.3. The third-order valence-electron chi connectivity index (χ3n) is 3.07. The van der Waals surface area contributed by atoms with E-state index in [1.54, 1.807) is 24.5 Å². The van der Waals surface area contributed by atoms with E-state index >= 15 is 0 Å². The third kappa shape index (κ3) is 3.55. The molecule has 1 N–H and O–H groups in total. The number of nitrogens with one attached hydrogen (secondary N) is 1. The van der Waals surface area contributed by atoms with Crippen molar-refractivity contribution in [3.8, 4) is 0 Å². The Labute approximate surface area is 122 Å². The molecule has 0 aliphatic carbocycles. The number of methoxy groups -OCH3 is 1. The van der Waals surface area contributed by atoms with Crippen LogP contribution in [0.25, 0.3) is 10.1 Å². The van der Waals surface area contributed by atoms with Crippen LogP contribution in [-0.4, -0.2) is 27.4 Å². The second kappa shape index (κ2) is 7.69. The Morgan fingerprint density at radius 3 is 2.90 bits per heavy atom. The van der Waals surface area contributed by atoms with Gasteiger partial charge in [-0.2, -0.15) is 0 Å². The SMILES string of the molecule is CNCc1sc2cccc(F)c2c1COCCCOC. The van der Waals surface area contributed by atoms with Gasteiger partial charge in [0.05, 0.1) is 6.61 Å². The van der Waals surface area contributed by atoms with Crippen molar-refractivity contribution in [2.75, 3.05) is 27.4 Å². The van der Waals surface area contributed by atoms with Crippen molar-refractivity contribution in [2.45, 2.75) is 19.6 Å². The van der Waals surface area contributed by atoms with Crippen molar-refractivity contribution < 1.29 is 13.9 Å². The average Bonchev–Trinajstić information content (AvgIpc) is 2.78. The summed E-state index contributed by atoms with van der Waals surface area (Å²) in [6.07, 6.45) is 0.850. The maximum Gasteiger partial charge on any atom is 0.132 e. The Bertz CT molecular complexity index is 556. The molecule has 0 aliphatic heterocycles. The van der Waals surface area contributed by atoms with E-state index in [0.29, 0.717) is 25.2 Å². The Morgan fingerprint density at radius 1 is 1.30 bits per heavy atom. The minimum Gasteiger partial charge on any atom is -0.385 e. The Kier molecular flexibility index (Phi) is 5.91. The van der Waals surface area contributed by atoms with Gasteiger partial charge < -0.3 is 14.8 Å². The molecule has 3 nitrogen and oxygen atoms in total. The van der Waals surface area contributed by atoms with Crippen LogP contribution in [0.3, 0.4) is 0 Å². The van der Waals surface area contributed by atoms with Crippen LogP contribution in [0.2, 0.25) is 0 Å². The molecule has 1 heterocycles. The van der Waals surface area contributed by atoms with Gasteiger partial charge >= 0.3 is 0 Å². The summed E-state index contributed by atoms with van der Waals surface area (Å²) in [5, 5.41) is 3.83. The van der Waals surface area contributed by atoms with Gasteiger partial charge in [-0.1, -0.05) is 6.07 Å². The Balaban J connectivity index is 2.17. The first-order valence-electron chi connectivity index (χ1n) is 6.68. The topological polar surface area (TPSA) is 30.5 Å². The summed E-state index contributed by atoms with van der Waals surface area (Å²) in [5.74, 6) is -0.170. The molecule has 0 unspecified atom stereocenters. The van der Waals surface area contributed by atoms with Crippen LogP contribution in [0.15, 0.2) is 18.2 Å². The molecule has 0 atom stereocenters. The number of thiophene rings is 1. The fourth-order valence-electron chi connectivity index (χ4n) is 2.15. The number of benzene rings is 1. The highest BCUT2D eigenvalue weighted by Gasteiger charge is 2.15. The molecular weight excluding hydrogens is 277 g/mol. The molecule has 5 heteroatoms. The summed E-state index contributed by atoms with van der Waals surface area (Å²) in [7, 11) is 3.57. The van der Waals surface area contributed by atoms with E-state index in [1.165, 1.54) is 6.07 Å². The number of fused-ring (bicyclic) bond motifs is 1. The molecule has 110 valence electrons. The lowest BCUT2D eigenvalue weighted by Crippen LogP contribution is -2.07. The first-order valence-corrected chi connectivity index (χ1v) is 7.49. The summed E-state index contributed by atoms with van der Waals surface area (Å²) in [6, 6.07) is 5.21. The van der Waals surface area contributed by atoms with Gasteiger partial charge in [-0.25, -0.2) is 4.39 Å². The molecule has 1 aromatic heterocycles. The van der Waals surface area contributed by atoms with Gasteiger partial charge in [0, 0.05) is 47.4 Å². The lowest BCUT2D eigenvalue weighted by atomic mass is 10.1. The molecular formula is C15H20FNO2S. The molecule has 0 saturated carbocycles. The molecule has 0 saturated heterocycles. The van der Waals surface area contributed by atoms with Crippen LogP contribution in [0.1, 0.15) is 16.9 Å². The standard InChI is InChI=1S/C15H20FNO2S/c1-17-9-14-11(10-19-8-4-7-18-2)15-12(16)5-3-6-13(15)20-14/h3,5-6,17H,4,7-10H2,1-2H3. The molecule has 0 spiro atoms.